The molecule has 3 aromatic carbocycles. The maximum absolute atomic E-state index is 13.6. The highest BCUT2D eigenvalue weighted by molar-refractivity contribution is 6.36. The molecule has 0 bridgehead atoms. The fraction of sp³-hybridized carbons (Fsp3) is 0.160. The number of rotatable bonds is 6. The van der Waals surface area contributed by atoms with Crippen LogP contribution in [-0.4, -0.2) is 12.9 Å². The van der Waals surface area contributed by atoms with Gasteiger partial charge in [-0.2, -0.15) is 0 Å². The van der Waals surface area contributed by atoms with Crippen LogP contribution in [0.1, 0.15) is 39.3 Å². The Balaban J connectivity index is 1.91. The van der Waals surface area contributed by atoms with E-state index in [9.17, 15) is 4.79 Å². The van der Waals surface area contributed by atoms with Crippen molar-refractivity contribution in [2.45, 2.75) is 18.9 Å². The van der Waals surface area contributed by atoms with Crippen LogP contribution in [0.25, 0.3) is 11.0 Å². The van der Waals surface area contributed by atoms with Gasteiger partial charge in [-0.15, -0.1) is 0 Å². The largest absolute Gasteiger partial charge is 0.459 e. The summed E-state index contributed by atoms with van der Waals surface area (Å²) in [4.78, 5) is 13.6. The van der Waals surface area contributed by atoms with Gasteiger partial charge >= 0.3 is 0 Å². The Morgan fingerprint density at radius 2 is 1.62 bits per heavy atom. The smallest absolute Gasteiger partial charge is 0.176 e. The Morgan fingerprint density at radius 1 is 0.966 bits per heavy atom. The summed E-state index contributed by atoms with van der Waals surface area (Å²) < 4.78 is 12.0. The molecule has 0 aliphatic carbocycles. The molecule has 2 atom stereocenters. The summed E-state index contributed by atoms with van der Waals surface area (Å²) in [5.41, 5.74) is 3.20. The molecule has 1 aromatic heterocycles. The van der Waals surface area contributed by atoms with E-state index in [1.165, 1.54) is 0 Å². The van der Waals surface area contributed by atoms with E-state index in [4.69, 9.17) is 20.8 Å². The minimum absolute atomic E-state index is 0.0982. The van der Waals surface area contributed by atoms with Crippen molar-refractivity contribution in [3.05, 3.63) is 106 Å². The van der Waals surface area contributed by atoms with Crippen LogP contribution in [0.3, 0.4) is 0 Å². The zero-order chi connectivity index (χ0) is 20.4. The second-order valence-corrected chi connectivity index (χ2v) is 7.43. The molecule has 146 valence electrons. The summed E-state index contributed by atoms with van der Waals surface area (Å²) in [5.74, 6) is -0.388. The fourth-order valence-corrected chi connectivity index (χ4v) is 3.99. The van der Waals surface area contributed by atoms with E-state index in [1.807, 2.05) is 73.7 Å². The molecule has 0 fully saturated rings. The van der Waals surface area contributed by atoms with Gasteiger partial charge < -0.3 is 9.15 Å². The summed E-state index contributed by atoms with van der Waals surface area (Å²) in [6, 6.07) is 24.7. The minimum Gasteiger partial charge on any atom is -0.459 e. The van der Waals surface area contributed by atoms with Gasteiger partial charge in [0.15, 0.2) is 5.78 Å². The van der Waals surface area contributed by atoms with Gasteiger partial charge in [-0.3, -0.25) is 4.79 Å². The number of ether oxygens (including phenoxy) is 1. The van der Waals surface area contributed by atoms with Crippen molar-refractivity contribution in [2.75, 3.05) is 7.11 Å². The first-order valence-electron chi connectivity index (χ1n) is 9.45. The van der Waals surface area contributed by atoms with E-state index >= 15 is 0 Å². The van der Waals surface area contributed by atoms with Crippen LogP contribution in [0.4, 0.5) is 0 Å². The SMILES string of the molecule is COC(c1ccccc1)C(C(=O)c1ccccc1)c1oc2ccc(C)cc2c1Cl. The molecule has 0 aliphatic heterocycles. The van der Waals surface area contributed by atoms with Gasteiger partial charge in [0, 0.05) is 18.1 Å². The molecular weight excluding hydrogens is 384 g/mol. The Morgan fingerprint density at radius 3 is 2.28 bits per heavy atom. The standard InChI is InChI=1S/C25H21ClO3/c1-16-13-14-20-19(15-16)22(26)25(29-20)21(23(27)17-9-5-3-6-10-17)24(28-2)18-11-7-4-8-12-18/h3-15,21,24H,1-2H3. The van der Waals surface area contributed by atoms with Gasteiger partial charge in [0.05, 0.1) is 11.1 Å². The van der Waals surface area contributed by atoms with Crippen molar-refractivity contribution >= 4 is 28.4 Å². The first kappa shape index (κ1) is 19.4. The maximum Gasteiger partial charge on any atom is 0.176 e. The number of hydrogen-bond acceptors (Lipinski definition) is 3. The van der Waals surface area contributed by atoms with Crippen LogP contribution in [0.2, 0.25) is 5.02 Å². The minimum atomic E-state index is -0.718. The number of Topliss-reactive ketones (excluding diaryl/α,β-unsaturated/α-hetero) is 1. The number of carbonyl (C=O) groups excluding carboxylic acids is 1. The van der Waals surface area contributed by atoms with Crippen molar-refractivity contribution in [1.29, 1.82) is 0 Å². The topological polar surface area (TPSA) is 39.4 Å². The van der Waals surface area contributed by atoms with Crippen molar-refractivity contribution in [3.63, 3.8) is 0 Å². The normalized spacial score (nSPS) is 13.3. The van der Waals surface area contributed by atoms with E-state index in [1.54, 1.807) is 19.2 Å². The van der Waals surface area contributed by atoms with Gasteiger partial charge in [-0.05, 0) is 24.6 Å². The van der Waals surface area contributed by atoms with Gasteiger partial charge in [-0.1, -0.05) is 83.9 Å². The highest BCUT2D eigenvalue weighted by atomic mass is 35.5. The first-order chi connectivity index (χ1) is 14.1. The van der Waals surface area contributed by atoms with Crippen LogP contribution in [0, 0.1) is 6.92 Å². The Labute approximate surface area is 174 Å². The van der Waals surface area contributed by atoms with Gasteiger partial charge in [-0.25, -0.2) is 0 Å². The number of hydrogen-bond donors (Lipinski definition) is 0. The van der Waals surface area contributed by atoms with Gasteiger partial charge in [0.25, 0.3) is 0 Å². The third-order valence-electron chi connectivity index (χ3n) is 5.12. The molecule has 0 amide bonds. The average Bonchev–Trinajstić information content (AvgIpc) is 3.08. The Kier molecular flexibility index (Phi) is 5.52. The second kappa shape index (κ2) is 8.24. The lowest BCUT2D eigenvalue weighted by molar-refractivity contribution is 0.0578. The van der Waals surface area contributed by atoms with E-state index < -0.39 is 12.0 Å². The third kappa shape index (κ3) is 3.71. The monoisotopic (exact) mass is 404 g/mol. The van der Waals surface area contributed by atoms with Crippen molar-refractivity contribution in [2.24, 2.45) is 0 Å². The molecule has 0 saturated carbocycles. The van der Waals surface area contributed by atoms with Gasteiger partial charge in [0.1, 0.15) is 17.3 Å². The molecule has 0 saturated heterocycles. The van der Waals surface area contributed by atoms with Gasteiger partial charge in [0.2, 0.25) is 0 Å². The van der Waals surface area contributed by atoms with Crippen molar-refractivity contribution < 1.29 is 13.9 Å². The molecule has 0 spiro atoms. The summed E-state index contributed by atoms with van der Waals surface area (Å²) in [6.07, 6.45) is -0.539. The number of fused-ring (bicyclic) bond motifs is 1. The lowest BCUT2D eigenvalue weighted by Crippen LogP contribution is -2.22. The van der Waals surface area contributed by atoms with Crippen molar-refractivity contribution in [1.82, 2.24) is 0 Å². The number of halogens is 1. The highest BCUT2D eigenvalue weighted by Gasteiger charge is 2.37. The fourth-order valence-electron chi connectivity index (χ4n) is 3.68. The van der Waals surface area contributed by atoms with Crippen LogP contribution in [-0.2, 0) is 4.74 Å². The maximum atomic E-state index is 13.6. The number of ketones is 1. The van der Waals surface area contributed by atoms with Crippen LogP contribution >= 0.6 is 11.6 Å². The zero-order valence-corrected chi connectivity index (χ0v) is 17.0. The molecule has 4 heteroatoms. The molecule has 29 heavy (non-hydrogen) atoms. The van der Waals surface area contributed by atoms with Crippen LogP contribution in [0.15, 0.2) is 83.3 Å². The molecule has 0 aliphatic rings. The van der Waals surface area contributed by atoms with E-state index in [2.05, 4.69) is 0 Å². The molecule has 0 radical (unpaired) electrons. The van der Waals surface area contributed by atoms with E-state index in [0.717, 1.165) is 16.5 Å². The lowest BCUT2D eigenvalue weighted by atomic mass is 9.86. The third-order valence-corrected chi connectivity index (χ3v) is 5.51. The molecule has 4 aromatic rings. The molecule has 4 rings (SSSR count). The average molecular weight is 405 g/mol. The number of benzene rings is 3. The predicted molar refractivity (Wildman–Crippen MR) is 116 cm³/mol. The number of furan rings is 1. The quantitative estimate of drug-likeness (QED) is 0.334. The Hall–Kier alpha value is -2.88. The highest BCUT2D eigenvalue weighted by Crippen LogP contribution is 2.43. The molecule has 3 nitrogen and oxygen atoms in total. The molecule has 2 unspecified atom stereocenters. The van der Waals surface area contributed by atoms with Crippen LogP contribution < -0.4 is 0 Å². The lowest BCUT2D eigenvalue weighted by Gasteiger charge is -2.24. The summed E-state index contributed by atoms with van der Waals surface area (Å²) in [5, 5.41) is 1.26. The zero-order valence-electron chi connectivity index (χ0n) is 16.3. The number of methoxy groups -OCH3 is 1. The number of carbonyl (C=O) groups is 1. The molecule has 1 heterocycles. The van der Waals surface area contributed by atoms with Crippen molar-refractivity contribution in [3.8, 4) is 0 Å². The molecule has 0 N–H and O–H groups in total. The summed E-state index contributed by atoms with van der Waals surface area (Å²) >= 11 is 6.74. The predicted octanol–water partition coefficient (Wildman–Crippen LogP) is 6.75. The van der Waals surface area contributed by atoms with Crippen LogP contribution in [0.5, 0.6) is 0 Å². The number of aryl methyl sites for hydroxylation is 1. The van der Waals surface area contributed by atoms with E-state index in [-0.39, 0.29) is 5.78 Å². The summed E-state index contributed by atoms with van der Waals surface area (Å²) in [6.45, 7) is 2.00. The summed E-state index contributed by atoms with van der Waals surface area (Å²) in [7, 11) is 1.60. The van der Waals surface area contributed by atoms with E-state index in [0.29, 0.717) is 21.9 Å². The second-order valence-electron chi connectivity index (χ2n) is 7.05. The Bertz CT molecular complexity index is 1130. The molecular formula is C25H21ClO3. The first-order valence-corrected chi connectivity index (χ1v) is 9.83.